The van der Waals surface area contributed by atoms with Crippen LogP contribution in [0.5, 0.6) is 0 Å². The average Bonchev–Trinajstić information content (AvgIpc) is 2.43. The predicted molar refractivity (Wildman–Crippen MR) is 92.1 cm³/mol. The van der Waals surface area contributed by atoms with E-state index in [1.54, 1.807) is 0 Å². The van der Waals surface area contributed by atoms with E-state index in [2.05, 4.69) is 19.2 Å². The summed E-state index contributed by atoms with van der Waals surface area (Å²) in [5, 5.41) is 3.03. The van der Waals surface area contributed by atoms with Gasteiger partial charge in [0.15, 0.2) is 0 Å². The average molecular weight is 306 g/mol. The van der Waals surface area contributed by atoms with Gasteiger partial charge in [0.25, 0.3) is 0 Å². The molecule has 0 aliphatic carbocycles. The summed E-state index contributed by atoms with van der Waals surface area (Å²) >= 11 is 5.07. The molecular weight excluding hydrogens is 280 g/mol. The van der Waals surface area contributed by atoms with E-state index in [4.69, 9.17) is 18.0 Å². The SMILES string of the molecule is CC(C)CCC(C)NC(=O)C(Cc1ccccc1)C(N)=S. The van der Waals surface area contributed by atoms with E-state index in [9.17, 15) is 4.79 Å². The molecule has 0 heterocycles. The molecule has 0 saturated heterocycles. The highest BCUT2D eigenvalue weighted by Crippen LogP contribution is 2.11. The molecule has 2 unspecified atom stereocenters. The highest BCUT2D eigenvalue weighted by atomic mass is 32.1. The van der Waals surface area contributed by atoms with Gasteiger partial charge in [-0.2, -0.15) is 0 Å². The number of thiocarbonyl (C=S) groups is 1. The van der Waals surface area contributed by atoms with Crippen LogP contribution in [0.25, 0.3) is 0 Å². The van der Waals surface area contributed by atoms with E-state index in [0.29, 0.717) is 12.3 Å². The predicted octanol–water partition coefficient (Wildman–Crippen LogP) is 3.07. The zero-order chi connectivity index (χ0) is 15.8. The zero-order valence-electron chi connectivity index (χ0n) is 13.1. The highest BCUT2D eigenvalue weighted by Gasteiger charge is 2.23. The Bertz CT molecular complexity index is 459. The Kier molecular flexibility index (Phi) is 7.37. The molecule has 1 amide bonds. The Morgan fingerprint density at radius 2 is 1.81 bits per heavy atom. The Morgan fingerprint density at radius 3 is 2.33 bits per heavy atom. The Balaban J connectivity index is 2.59. The number of amides is 1. The molecule has 1 rings (SSSR count). The number of benzene rings is 1. The topological polar surface area (TPSA) is 55.1 Å². The maximum atomic E-state index is 12.4. The number of rotatable bonds is 8. The fourth-order valence-corrected chi connectivity index (χ4v) is 2.36. The minimum atomic E-state index is -0.441. The summed E-state index contributed by atoms with van der Waals surface area (Å²) in [5.41, 5.74) is 6.82. The van der Waals surface area contributed by atoms with Crippen LogP contribution in [-0.4, -0.2) is 16.9 Å². The Hall–Kier alpha value is -1.42. The second-order valence-corrected chi connectivity index (χ2v) is 6.50. The third kappa shape index (κ3) is 6.71. The van der Waals surface area contributed by atoms with E-state index < -0.39 is 5.92 Å². The van der Waals surface area contributed by atoms with Crippen molar-refractivity contribution in [3.8, 4) is 0 Å². The third-order valence-corrected chi connectivity index (χ3v) is 3.79. The van der Waals surface area contributed by atoms with Crippen LogP contribution in [0, 0.1) is 11.8 Å². The van der Waals surface area contributed by atoms with Gasteiger partial charge in [0.1, 0.15) is 0 Å². The molecule has 4 heteroatoms. The quantitative estimate of drug-likeness (QED) is 0.726. The summed E-state index contributed by atoms with van der Waals surface area (Å²) < 4.78 is 0. The van der Waals surface area contributed by atoms with Crippen LogP contribution in [0.4, 0.5) is 0 Å². The molecule has 1 aromatic rings. The first-order valence-electron chi connectivity index (χ1n) is 7.53. The van der Waals surface area contributed by atoms with Gasteiger partial charge in [-0.3, -0.25) is 4.79 Å². The molecule has 0 fully saturated rings. The van der Waals surface area contributed by atoms with Crippen LogP contribution in [0.2, 0.25) is 0 Å². The molecule has 0 aliphatic heterocycles. The monoisotopic (exact) mass is 306 g/mol. The lowest BCUT2D eigenvalue weighted by atomic mass is 9.97. The second-order valence-electron chi connectivity index (χ2n) is 6.03. The third-order valence-electron chi connectivity index (χ3n) is 3.51. The van der Waals surface area contributed by atoms with Crippen molar-refractivity contribution in [1.82, 2.24) is 5.32 Å². The number of nitrogens with two attached hydrogens (primary N) is 1. The number of carbonyl (C=O) groups is 1. The lowest BCUT2D eigenvalue weighted by Gasteiger charge is -2.20. The molecule has 3 N–H and O–H groups in total. The van der Waals surface area contributed by atoms with Gasteiger partial charge in [0.2, 0.25) is 5.91 Å². The minimum absolute atomic E-state index is 0.0670. The summed E-state index contributed by atoms with van der Waals surface area (Å²) in [6, 6.07) is 9.98. The van der Waals surface area contributed by atoms with Gasteiger partial charge in [-0.1, -0.05) is 56.4 Å². The lowest BCUT2D eigenvalue weighted by Crippen LogP contribution is -2.43. The minimum Gasteiger partial charge on any atom is -0.393 e. The van der Waals surface area contributed by atoms with Crippen LogP contribution in [0.15, 0.2) is 30.3 Å². The number of carbonyl (C=O) groups excluding carboxylic acids is 1. The number of hydrogen-bond acceptors (Lipinski definition) is 2. The first-order valence-corrected chi connectivity index (χ1v) is 7.94. The molecule has 21 heavy (non-hydrogen) atoms. The Morgan fingerprint density at radius 1 is 1.19 bits per heavy atom. The van der Waals surface area contributed by atoms with E-state index in [0.717, 1.165) is 18.4 Å². The highest BCUT2D eigenvalue weighted by molar-refractivity contribution is 7.80. The van der Waals surface area contributed by atoms with Gasteiger partial charge in [-0.15, -0.1) is 0 Å². The first kappa shape index (κ1) is 17.6. The molecule has 2 atom stereocenters. The van der Waals surface area contributed by atoms with E-state index in [1.807, 2.05) is 37.3 Å². The van der Waals surface area contributed by atoms with Crippen molar-refractivity contribution in [2.75, 3.05) is 0 Å². The van der Waals surface area contributed by atoms with E-state index in [-0.39, 0.29) is 16.9 Å². The van der Waals surface area contributed by atoms with Crippen molar-refractivity contribution in [2.24, 2.45) is 17.6 Å². The van der Waals surface area contributed by atoms with E-state index in [1.165, 1.54) is 0 Å². The van der Waals surface area contributed by atoms with Crippen LogP contribution in [0.3, 0.4) is 0 Å². The van der Waals surface area contributed by atoms with Crippen molar-refractivity contribution < 1.29 is 4.79 Å². The molecule has 0 aliphatic rings. The van der Waals surface area contributed by atoms with Crippen LogP contribution in [0.1, 0.15) is 39.2 Å². The van der Waals surface area contributed by atoms with E-state index >= 15 is 0 Å². The van der Waals surface area contributed by atoms with Crippen molar-refractivity contribution in [3.63, 3.8) is 0 Å². The lowest BCUT2D eigenvalue weighted by molar-refractivity contribution is -0.123. The fourth-order valence-electron chi connectivity index (χ4n) is 2.17. The van der Waals surface area contributed by atoms with Gasteiger partial charge in [-0.05, 0) is 37.7 Å². The van der Waals surface area contributed by atoms with Crippen molar-refractivity contribution >= 4 is 23.1 Å². The molecule has 1 aromatic carbocycles. The van der Waals surface area contributed by atoms with Crippen LogP contribution in [-0.2, 0) is 11.2 Å². The molecule has 3 nitrogen and oxygen atoms in total. The van der Waals surface area contributed by atoms with Gasteiger partial charge < -0.3 is 11.1 Å². The van der Waals surface area contributed by atoms with Crippen molar-refractivity contribution in [2.45, 2.75) is 46.1 Å². The molecule has 116 valence electrons. The first-order chi connectivity index (χ1) is 9.90. The maximum Gasteiger partial charge on any atom is 0.230 e. The second kappa shape index (κ2) is 8.78. The smallest absolute Gasteiger partial charge is 0.230 e. The number of hydrogen-bond donors (Lipinski definition) is 2. The largest absolute Gasteiger partial charge is 0.393 e. The summed E-state index contributed by atoms with van der Waals surface area (Å²) in [6.07, 6.45) is 2.62. The molecule has 0 aromatic heterocycles. The molecule has 0 radical (unpaired) electrons. The van der Waals surface area contributed by atoms with Gasteiger partial charge >= 0.3 is 0 Å². The summed E-state index contributed by atoms with van der Waals surface area (Å²) in [6.45, 7) is 6.39. The van der Waals surface area contributed by atoms with Crippen LogP contribution >= 0.6 is 12.2 Å². The van der Waals surface area contributed by atoms with Crippen LogP contribution < -0.4 is 11.1 Å². The molecule has 0 saturated carbocycles. The number of nitrogens with one attached hydrogen (secondary N) is 1. The molecule has 0 bridgehead atoms. The molecule has 0 spiro atoms. The summed E-state index contributed by atoms with van der Waals surface area (Å²) in [7, 11) is 0. The van der Waals surface area contributed by atoms with Crippen molar-refractivity contribution in [3.05, 3.63) is 35.9 Å². The normalized spacial score (nSPS) is 13.7. The standard InChI is InChI=1S/C17H26N2OS/c1-12(2)9-10-13(3)19-17(20)15(16(18)21)11-14-7-5-4-6-8-14/h4-8,12-13,15H,9-11H2,1-3H3,(H2,18,21)(H,19,20). The van der Waals surface area contributed by atoms with Gasteiger partial charge in [0, 0.05) is 6.04 Å². The summed E-state index contributed by atoms with van der Waals surface area (Å²) in [4.78, 5) is 12.6. The summed E-state index contributed by atoms with van der Waals surface area (Å²) in [5.74, 6) is 0.131. The fraction of sp³-hybridized carbons (Fsp3) is 0.529. The maximum absolute atomic E-state index is 12.4. The van der Waals surface area contributed by atoms with Crippen molar-refractivity contribution in [1.29, 1.82) is 0 Å². The van der Waals surface area contributed by atoms with Gasteiger partial charge in [-0.25, -0.2) is 0 Å². The Labute approximate surface area is 133 Å². The molecular formula is C17H26N2OS. The van der Waals surface area contributed by atoms with Gasteiger partial charge in [0.05, 0.1) is 10.9 Å². The zero-order valence-corrected chi connectivity index (χ0v) is 14.0.